The van der Waals surface area contributed by atoms with Gasteiger partial charge in [-0.2, -0.15) is 0 Å². The molecule has 0 unspecified atom stereocenters. The van der Waals surface area contributed by atoms with Gasteiger partial charge < -0.3 is 10.1 Å². The van der Waals surface area contributed by atoms with Crippen molar-refractivity contribution in [3.05, 3.63) is 53.8 Å². The zero-order valence-corrected chi connectivity index (χ0v) is 14.0. The molecule has 0 aliphatic carbocycles. The molecule has 23 heavy (non-hydrogen) atoms. The van der Waals surface area contributed by atoms with Crippen LogP contribution in [0.1, 0.15) is 5.56 Å². The maximum Gasteiger partial charge on any atom is 0.246 e. The molecule has 2 rings (SSSR count). The minimum atomic E-state index is -3.57. The predicted molar refractivity (Wildman–Crippen MR) is 87.6 cm³/mol. The number of hydrogen-bond acceptors (Lipinski definition) is 4. The highest BCUT2D eigenvalue weighted by atomic mass is 32.2. The van der Waals surface area contributed by atoms with Gasteiger partial charge in [0.1, 0.15) is 16.5 Å². The summed E-state index contributed by atoms with van der Waals surface area (Å²) in [5.74, 6) is -0.0172. The van der Waals surface area contributed by atoms with Crippen LogP contribution in [-0.4, -0.2) is 33.9 Å². The van der Waals surface area contributed by atoms with Gasteiger partial charge >= 0.3 is 0 Å². The van der Waals surface area contributed by atoms with E-state index in [-0.39, 0.29) is 16.5 Å². The third kappa shape index (κ3) is 4.00. The van der Waals surface area contributed by atoms with E-state index < -0.39 is 10.0 Å². The van der Waals surface area contributed by atoms with Crippen molar-refractivity contribution >= 4 is 15.7 Å². The van der Waals surface area contributed by atoms with Gasteiger partial charge in [0.05, 0.1) is 7.11 Å². The van der Waals surface area contributed by atoms with Crippen LogP contribution in [0.3, 0.4) is 0 Å². The Bertz CT molecular complexity index is 774. The topological polar surface area (TPSA) is 58.6 Å². The molecule has 0 radical (unpaired) electrons. The molecular formula is C16H19FN2O3S. The van der Waals surface area contributed by atoms with E-state index in [1.807, 2.05) is 0 Å². The van der Waals surface area contributed by atoms with Crippen molar-refractivity contribution in [1.82, 2.24) is 4.31 Å². The first kappa shape index (κ1) is 17.2. The van der Waals surface area contributed by atoms with Crippen molar-refractivity contribution < 1.29 is 17.5 Å². The van der Waals surface area contributed by atoms with Gasteiger partial charge in [0, 0.05) is 32.4 Å². The molecular weight excluding hydrogens is 319 g/mol. The molecule has 0 spiro atoms. The second kappa shape index (κ2) is 6.97. The predicted octanol–water partition coefficient (Wildman–Crippen LogP) is 2.70. The van der Waals surface area contributed by atoms with Gasteiger partial charge in [0.25, 0.3) is 0 Å². The maximum atomic E-state index is 12.9. The second-order valence-corrected chi connectivity index (χ2v) is 7.25. The molecule has 0 atom stereocenters. The van der Waals surface area contributed by atoms with E-state index in [0.29, 0.717) is 12.2 Å². The molecule has 124 valence electrons. The highest BCUT2D eigenvalue weighted by molar-refractivity contribution is 7.89. The van der Waals surface area contributed by atoms with Gasteiger partial charge in [-0.05, 0) is 29.8 Å². The first-order chi connectivity index (χ1) is 10.8. The summed E-state index contributed by atoms with van der Waals surface area (Å²) in [5.41, 5.74) is 1.62. The monoisotopic (exact) mass is 338 g/mol. The van der Waals surface area contributed by atoms with E-state index in [0.717, 1.165) is 9.87 Å². The number of benzene rings is 2. The van der Waals surface area contributed by atoms with Crippen molar-refractivity contribution in [2.75, 3.05) is 26.5 Å². The lowest BCUT2D eigenvalue weighted by molar-refractivity contribution is 0.400. The molecule has 0 heterocycles. The lowest BCUT2D eigenvalue weighted by Crippen LogP contribution is -2.22. The van der Waals surface area contributed by atoms with Gasteiger partial charge in [0.2, 0.25) is 10.0 Å². The minimum Gasteiger partial charge on any atom is -0.495 e. The Labute approximate surface area is 135 Å². The Morgan fingerprint density at radius 1 is 1.13 bits per heavy atom. The first-order valence-electron chi connectivity index (χ1n) is 6.93. The fourth-order valence-corrected chi connectivity index (χ4v) is 3.02. The Hall–Kier alpha value is -2.12. The maximum absolute atomic E-state index is 12.9. The molecule has 0 aliphatic rings. The normalized spacial score (nSPS) is 11.5. The van der Waals surface area contributed by atoms with Crippen LogP contribution in [-0.2, 0) is 16.6 Å². The van der Waals surface area contributed by atoms with Crippen molar-refractivity contribution in [2.24, 2.45) is 0 Å². The third-order valence-electron chi connectivity index (χ3n) is 3.33. The van der Waals surface area contributed by atoms with E-state index >= 15 is 0 Å². The lowest BCUT2D eigenvalue weighted by Gasteiger charge is -2.16. The van der Waals surface area contributed by atoms with Crippen LogP contribution < -0.4 is 10.1 Å². The Balaban J connectivity index is 2.20. The van der Waals surface area contributed by atoms with Gasteiger partial charge in [-0.25, -0.2) is 17.1 Å². The minimum absolute atomic E-state index is 0.109. The summed E-state index contributed by atoms with van der Waals surface area (Å²) in [5, 5.41) is 3.15. The van der Waals surface area contributed by atoms with Crippen molar-refractivity contribution in [3.8, 4) is 5.75 Å². The number of nitrogens with one attached hydrogen (secondary N) is 1. The van der Waals surface area contributed by atoms with Crippen molar-refractivity contribution in [3.63, 3.8) is 0 Å². The number of nitrogens with zero attached hydrogens (tertiary/aromatic N) is 1. The number of methoxy groups -OCH3 is 1. The average Bonchev–Trinajstić information content (AvgIpc) is 2.53. The SMILES string of the molecule is COc1cc(NCc2ccc(F)cc2)ccc1S(=O)(=O)N(C)C. The number of ether oxygens (including phenoxy) is 1. The van der Waals surface area contributed by atoms with E-state index in [2.05, 4.69) is 5.32 Å². The molecule has 0 aliphatic heterocycles. The van der Waals surface area contributed by atoms with Crippen molar-refractivity contribution in [2.45, 2.75) is 11.4 Å². The third-order valence-corrected chi connectivity index (χ3v) is 5.19. The van der Waals surface area contributed by atoms with Crippen molar-refractivity contribution in [1.29, 1.82) is 0 Å². The van der Waals surface area contributed by atoms with Gasteiger partial charge in [-0.1, -0.05) is 12.1 Å². The first-order valence-corrected chi connectivity index (χ1v) is 8.37. The summed E-state index contributed by atoms with van der Waals surface area (Å²) in [4.78, 5) is 0.109. The molecule has 0 aromatic heterocycles. The number of sulfonamides is 1. The second-order valence-electron chi connectivity index (χ2n) is 5.13. The van der Waals surface area contributed by atoms with E-state index in [1.165, 1.54) is 39.4 Å². The van der Waals surface area contributed by atoms with Gasteiger partial charge in [0.15, 0.2) is 0 Å². The smallest absolute Gasteiger partial charge is 0.246 e. The highest BCUT2D eigenvalue weighted by Crippen LogP contribution is 2.29. The molecule has 2 aromatic rings. The molecule has 2 aromatic carbocycles. The van der Waals surface area contributed by atoms with Gasteiger partial charge in [-0.3, -0.25) is 0 Å². The molecule has 0 saturated carbocycles. The fraction of sp³-hybridized carbons (Fsp3) is 0.250. The van der Waals surface area contributed by atoms with Crippen LogP contribution >= 0.6 is 0 Å². The van der Waals surface area contributed by atoms with E-state index in [4.69, 9.17) is 4.74 Å². The number of hydrogen-bond donors (Lipinski definition) is 1. The zero-order valence-electron chi connectivity index (χ0n) is 13.2. The van der Waals surface area contributed by atoms with Crippen LogP contribution in [0.25, 0.3) is 0 Å². The Kier molecular flexibility index (Phi) is 5.23. The number of halogens is 1. The number of rotatable bonds is 6. The molecule has 0 amide bonds. The van der Waals surface area contributed by atoms with Crippen LogP contribution in [0.4, 0.5) is 10.1 Å². The van der Waals surface area contributed by atoms with Crippen LogP contribution in [0.2, 0.25) is 0 Å². The Morgan fingerprint density at radius 3 is 2.35 bits per heavy atom. The standard InChI is InChI=1S/C16H19FN2O3S/c1-19(2)23(20,21)16-9-8-14(10-15(16)22-3)18-11-12-4-6-13(17)7-5-12/h4-10,18H,11H2,1-3H3. The number of anilines is 1. The quantitative estimate of drug-likeness (QED) is 0.880. The highest BCUT2D eigenvalue weighted by Gasteiger charge is 2.22. The van der Waals surface area contributed by atoms with E-state index in [9.17, 15) is 12.8 Å². The van der Waals surface area contributed by atoms with Crippen LogP contribution in [0.15, 0.2) is 47.4 Å². The fourth-order valence-electron chi connectivity index (χ4n) is 1.99. The van der Waals surface area contributed by atoms with Crippen LogP contribution in [0, 0.1) is 5.82 Å². The zero-order chi connectivity index (χ0) is 17.0. The molecule has 0 saturated heterocycles. The van der Waals surface area contributed by atoms with Gasteiger partial charge in [-0.15, -0.1) is 0 Å². The van der Waals surface area contributed by atoms with Crippen LogP contribution in [0.5, 0.6) is 5.75 Å². The summed E-state index contributed by atoms with van der Waals surface area (Å²) in [6, 6.07) is 11.0. The summed E-state index contributed by atoms with van der Waals surface area (Å²) < 4.78 is 43.7. The molecule has 7 heteroatoms. The molecule has 0 bridgehead atoms. The summed E-state index contributed by atoms with van der Waals surface area (Å²) in [6.45, 7) is 0.489. The summed E-state index contributed by atoms with van der Waals surface area (Å²) >= 11 is 0. The summed E-state index contributed by atoms with van der Waals surface area (Å²) in [7, 11) is 0.790. The Morgan fingerprint density at radius 2 is 1.78 bits per heavy atom. The molecule has 1 N–H and O–H groups in total. The molecule has 5 nitrogen and oxygen atoms in total. The lowest BCUT2D eigenvalue weighted by atomic mass is 10.2. The average molecular weight is 338 g/mol. The molecule has 0 fully saturated rings. The van der Waals surface area contributed by atoms with E-state index in [1.54, 1.807) is 24.3 Å². The largest absolute Gasteiger partial charge is 0.495 e. The summed E-state index contributed by atoms with van der Waals surface area (Å²) in [6.07, 6.45) is 0.